The topological polar surface area (TPSA) is 57.5 Å². The van der Waals surface area contributed by atoms with Crippen LogP contribution in [0.25, 0.3) is 0 Å². The molecule has 0 aliphatic heterocycles. The highest BCUT2D eigenvalue weighted by Gasteiger charge is 2.09. The van der Waals surface area contributed by atoms with E-state index < -0.39 is 12.1 Å². The predicted molar refractivity (Wildman–Crippen MR) is 60.8 cm³/mol. The highest BCUT2D eigenvalue weighted by Crippen LogP contribution is 2.16. The minimum atomic E-state index is -0.915. The van der Waals surface area contributed by atoms with E-state index in [1.807, 2.05) is 0 Å². The molecule has 0 aromatic heterocycles. The van der Waals surface area contributed by atoms with Gasteiger partial charge in [-0.15, -0.1) is 0 Å². The van der Waals surface area contributed by atoms with E-state index in [1.165, 1.54) is 19.3 Å². The number of aliphatic carboxylic acids is 1. The van der Waals surface area contributed by atoms with Crippen molar-refractivity contribution in [1.29, 1.82) is 0 Å². The van der Waals surface area contributed by atoms with Crippen molar-refractivity contribution in [2.24, 2.45) is 5.92 Å². The van der Waals surface area contributed by atoms with Gasteiger partial charge in [-0.1, -0.05) is 46.0 Å². The molecule has 3 heteroatoms. The normalized spacial score (nSPS) is 14.9. The van der Waals surface area contributed by atoms with E-state index in [4.69, 9.17) is 5.11 Å². The first-order valence-corrected chi connectivity index (χ1v) is 5.96. The summed E-state index contributed by atoms with van der Waals surface area (Å²) in [5, 5.41) is 17.8. The lowest BCUT2D eigenvalue weighted by atomic mass is 9.96. The Morgan fingerprint density at radius 3 is 2.33 bits per heavy atom. The first kappa shape index (κ1) is 14.4. The van der Waals surface area contributed by atoms with Gasteiger partial charge in [0.2, 0.25) is 0 Å². The number of aliphatic hydroxyl groups excluding tert-OH is 1. The van der Waals surface area contributed by atoms with Gasteiger partial charge in [0.1, 0.15) is 0 Å². The summed E-state index contributed by atoms with van der Waals surface area (Å²) in [5.74, 6) is -0.219. The Labute approximate surface area is 92.5 Å². The average Bonchev–Trinajstić information content (AvgIpc) is 2.13. The van der Waals surface area contributed by atoms with Crippen molar-refractivity contribution >= 4 is 5.97 Å². The monoisotopic (exact) mass is 216 g/mol. The Morgan fingerprint density at radius 2 is 1.80 bits per heavy atom. The molecule has 3 nitrogen and oxygen atoms in total. The lowest BCUT2D eigenvalue weighted by Gasteiger charge is -2.12. The Balaban J connectivity index is 3.39. The average molecular weight is 216 g/mol. The van der Waals surface area contributed by atoms with Crippen LogP contribution in [-0.4, -0.2) is 22.3 Å². The molecule has 0 aromatic rings. The molecule has 0 spiro atoms. The summed E-state index contributed by atoms with van der Waals surface area (Å²) in [6, 6.07) is 0. The molecule has 0 aromatic carbocycles. The van der Waals surface area contributed by atoms with Crippen molar-refractivity contribution in [3.05, 3.63) is 0 Å². The number of unbranched alkanes of at least 4 members (excludes halogenated alkanes) is 1. The summed E-state index contributed by atoms with van der Waals surface area (Å²) in [7, 11) is 0. The standard InChI is InChI=1S/C12H24O3/c1-3-4-6-10(2)7-5-8-11(13)9-12(14)15/h10-11,13H,3-9H2,1-2H3,(H,14,15). The Hall–Kier alpha value is -0.570. The maximum absolute atomic E-state index is 10.3. The fourth-order valence-corrected chi connectivity index (χ4v) is 1.70. The lowest BCUT2D eigenvalue weighted by molar-refractivity contribution is -0.139. The third kappa shape index (κ3) is 9.73. The van der Waals surface area contributed by atoms with Crippen LogP contribution >= 0.6 is 0 Å². The van der Waals surface area contributed by atoms with Crippen molar-refractivity contribution in [3.8, 4) is 0 Å². The molecule has 0 radical (unpaired) electrons. The van der Waals surface area contributed by atoms with Crippen molar-refractivity contribution in [3.63, 3.8) is 0 Å². The van der Waals surface area contributed by atoms with Gasteiger partial charge in [-0.3, -0.25) is 4.79 Å². The minimum Gasteiger partial charge on any atom is -0.481 e. The van der Waals surface area contributed by atoms with Crippen LogP contribution in [0.4, 0.5) is 0 Å². The maximum atomic E-state index is 10.3. The Bertz CT molecular complexity index is 168. The van der Waals surface area contributed by atoms with E-state index in [0.717, 1.165) is 12.8 Å². The van der Waals surface area contributed by atoms with Crippen LogP contribution in [0.3, 0.4) is 0 Å². The molecule has 0 amide bonds. The second-order valence-corrected chi connectivity index (χ2v) is 4.43. The number of hydrogen-bond acceptors (Lipinski definition) is 2. The van der Waals surface area contributed by atoms with Crippen LogP contribution in [0, 0.1) is 5.92 Å². The number of aliphatic hydroxyl groups is 1. The van der Waals surface area contributed by atoms with Crippen LogP contribution in [0.5, 0.6) is 0 Å². The van der Waals surface area contributed by atoms with Crippen molar-refractivity contribution in [2.45, 2.75) is 64.9 Å². The van der Waals surface area contributed by atoms with Gasteiger partial charge in [0.25, 0.3) is 0 Å². The van der Waals surface area contributed by atoms with Gasteiger partial charge in [-0.05, 0) is 12.3 Å². The summed E-state index contributed by atoms with van der Waals surface area (Å²) >= 11 is 0. The van der Waals surface area contributed by atoms with E-state index in [9.17, 15) is 9.90 Å². The molecule has 2 unspecified atom stereocenters. The smallest absolute Gasteiger partial charge is 0.305 e. The molecule has 90 valence electrons. The van der Waals surface area contributed by atoms with E-state index in [1.54, 1.807) is 0 Å². The summed E-state index contributed by atoms with van der Waals surface area (Å²) in [6.45, 7) is 4.41. The molecule has 0 saturated carbocycles. The van der Waals surface area contributed by atoms with Gasteiger partial charge in [-0.25, -0.2) is 0 Å². The first-order chi connectivity index (χ1) is 7.06. The van der Waals surface area contributed by atoms with E-state index in [-0.39, 0.29) is 6.42 Å². The maximum Gasteiger partial charge on any atom is 0.305 e. The highest BCUT2D eigenvalue weighted by atomic mass is 16.4. The van der Waals surface area contributed by atoms with Gasteiger partial charge in [0, 0.05) is 0 Å². The molecule has 0 aliphatic rings. The second-order valence-electron chi connectivity index (χ2n) is 4.43. The third-order valence-corrected chi connectivity index (χ3v) is 2.69. The molecule has 0 bridgehead atoms. The van der Waals surface area contributed by atoms with Crippen LogP contribution in [0.15, 0.2) is 0 Å². The molecule has 0 heterocycles. The number of carboxylic acids is 1. The molecular weight excluding hydrogens is 192 g/mol. The van der Waals surface area contributed by atoms with Gasteiger partial charge in [0.15, 0.2) is 0 Å². The van der Waals surface area contributed by atoms with Gasteiger partial charge in [0.05, 0.1) is 12.5 Å². The van der Waals surface area contributed by atoms with Crippen LogP contribution in [0.2, 0.25) is 0 Å². The van der Waals surface area contributed by atoms with E-state index in [0.29, 0.717) is 12.3 Å². The molecule has 0 rings (SSSR count). The molecule has 15 heavy (non-hydrogen) atoms. The number of carboxylic acid groups (broad SMARTS) is 1. The number of rotatable bonds is 9. The number of hydrogen-bond donors (Lipinski definition) is 2. The van der Waals surface area contributed by atoms with Gasteiger partial charge >= 0.3 is 5.97 Å². The zero-order valence-electron chi connectivity index (χ0n) is 9.91. The molecule has 0 aliphatic carbocycles. The van der Waals surface area contributed by atoms with Crippen LogP contribution in [-0.2, 0) is 4.79 Å². The summed E-state index contributed by atoms with van der Waals surface area (Å²) in [5.41, 5.74) is 0. The fraction of sp³-hybridized carbons (Fsp3) is 0.917. The zero-order chi connectivity index (χ0) is 11.7. The largest absolute Gasteiger partial charge is 0.481 e. The zero-order valence-corrected chi connectivity index (χ0v) is 9.91. The highest BCUT2D eigenvalue weighted by molar-refractivity contribution is 5.67. The van der Waals surface area contributed by atoms with Crippen LogP contribution < -0.4 is 0 Å². The van der Waals surface area contributed by atoms with Crippen molar-refractivity contribution < 1.29 is 15.0 Å². The molecule has 0 saturated heterocycles. The van der Waals surface area contributed by atoms with Crippen molar-refractivity contribution in [1.82, 2.24) is 0 Å². The first-order valence-electron chi connectivity index (χ1n) is 5.96. The van der Waals surface area contributed by atoms with E-state index in [2.05, 4.69) is 13.8 Å². The van der Waals surface area contributed by atoms with Crippen molar-refractivity contribution in [2.75, 3.05) is 0 Å². The lowest BCUT2D eigenvalue weighted by Crippen LogP contribution is -2.13. The minimum absolute atomic E-state index is 0.122. The van der Waals surface area contributed by atoms with Crippen LogP contribution in [0.1, 0.15) is 58.8 Å². The predicted octanol–water partition coefficient (Wildman–Crippen LogP) is 2.82. The Kier molecular flexibility index (Phi) is 8.38. The molecule has 2 N–H and O–H groups in total. The van der Waals surface area contributed by atoms with Gasteiger partial charge in [-0.2, -0.15) is 0 Å². The summed E-state index contributed by atoms with van der Waals surface area (Å²) in [6.07, 6.45) is 5.58. The van der Waals surface area contributed by atoms with Gasteiger partial charge < -0.3 is 10.2 Å². The van der Waals surface area contributed by atoms with E-state index >= 15 is 0 Å². The quantitative estimate of drug-likeness (QED) is 0.623. The summed E-state index contributed by atoms with van der Waals surface area (Å²) < 4.78 is 0. The summed E-state index contributed by atoms with van der Waals surface area (Å²) in [4.78, 5) is 10.3. The SMILES string of the molecule is CCCCC(C)CCCC(O)CC(=O)O. The number of carbonyl (C=O) groups is 1. The molecular formula is C12H24O3. The Morgan fingerprint density at radius 1 is 1.20 bits per heavy atom. The second kappa shape index (κ2) is 8.72. The third-order valence-electron chi connectivity index (χ3n) is 2.69. The fourth-order valence-electron chi connectivity index (χ4n) is 1.70. The molecule has 0 fully saturated rings. The molecule has 2 atom stereocenters.